The van der Waals surface area contributed by atoms with Crippen LogP contribution in [0.3, 0.4) is 0 Å². The minimum absolute atomic E-state index is 0.0191. The quantitative estimate of drug-likeness (QED) is 0.0371. The van der Waals surface area contributed by atoms with E-state index in [9.17, 15) is 25.5 Å². The molecule has 12 nitrogen and oxygen atoms in total. The Morgan fingerprint density at radius 1 is 1.01 bits per heavy atom. The first kappa shape index (κ1) is 48.3. The molecule has 0 saturated carbocycles. The number of benzene rings is 5. The molecule has 354 valence electrons. The fourth-order valence-electron chi connectivity index (χ4n) is 9.96. The number of hydrogen-bond donors (Lipinski definition) is 7. The molecule has 2 aliphatic rings. The largest absolute Gasteiger partial charge is 0.670 e. The van der Waals surface area contributed by atoms with Gasteiger partial charge in [0.2, 0.25) is 0 Å². The number of aromatic nitrogens is 1. The number of methoxy groups -OCH3 is 1. The zero-order chi connectivity index (χ0) is 47.1. The van der Waals surface area contributed by atoms with E-state index in [2.05, 4.69) is 39.9 Å². The molecule has 5 aromatic carbocycles. The van der Waals surface area contributed by atoms with Crippen LogP contribution < -0.4 is 29.8 Å². The monoisotopic (exact) mass is 946 g/mol. The second-order valence-electron chi connectivity index (χ2n) is 18.1. The van der Waals surface area contributed by atoms with E-state index in [1.807, 2.05) is 49.5 Å². The van der Waals surface area contributed by atoms with Gasteiger partial charge in [0.05, 0.1) is 24.2 Å². The Bertz CT molecular complexity index is 2650. The number of aliphatic hydroxyl groups excluding tert-OH is 2. The first-order chi connectivity index (χ1) is 32.4. The molecule has 0 bridgehead atoms. The number of carbonyl (C=O) groups is 1. The van der Waals surface area contributed by atoms with Gasteiger partial charge in [-0.15, -0.1) is 0 Å². The molecular weight excluding hydrogens is 887 g/mol. The van der Waals surface area contributed by atoms with Gasteiger partial charge in [-0.2, -0.15) is 12.4 Å². The molecule has 2 heterocycles. The van der Waals surface area contributed by atoms with Crippen molar-refractivity contribution in [2.75, 3.05) is 40.0 Å². The predicted octanol–water partition coefficient (Wildman–Crippen LogP) is 7.66. The Morgan fingerprint density at radius 3 is 2.64 bits per heavy atom. The molecule has 5 unspecified atom stereocenters. The van der Waals surface area contributed by atoms with Crippen molar-refractivity contribution in [3.63, 3.8) is 0 Å². The number of ether oxygens (including phenoxy) is 3. The lowest BCUT2D eigenvalue weighted by Crippen LogP contribution is -2.41. The van der Waals surface area contributed by atoms with Crippen LogP contribution in [0.25, 0.3) is 10.8 Å². The Hall–Kier alpha value is -5.19. The van der Waals surface area contributed by atoms with E-state index in [0.717, 1.165) is 49.7 Å². The molecule has 0 fully saturated rings. The number of aliphatic hydroxyl groups is 3. The fourth-order valence-corrected chi connectivity index (χ4v) is 13.2. The van der Waals surface area contributed by atoms with E-state index >= 15 is 4.79 Å². The van der Waals surface area contributed by atoms with Crippen LogP contribution in [0.1, 0.15) is 75.9 Å². The highest BCUT2D eigenvalue weighted by Crippen LogP contribution is 2.55. The van der Waals surface area contributed by atoms with E-state index in [0.29, 0.717) is 73.8 Å². The van der Waals surface area contributed by atoms with Gasteiger partial charge in [-0.25, -0.2) is 0 Å². The molecule has 1 aromatic heterocycles. The number of rotatable bonds is 16. The maximum absolute atomic E-state index is 15.8. The molecule has 14 heteroatoms. The maximum atomic E-state index is 15.8. The number of nitrogens with one attached hydrogen (secondary N) is 2. The summed E-state index contributed by atoms with van der Waals surface area (Å²) < 4.78 is 18.0. The van der Waals surface area contributed by atoms with Crippen molar-refractivity contribution in [2.24, 2.45) is 5.92 Å². The van der Waals surface area contributed by atoms with E-state index in [1.165, 1.54) is 0 Å². The first-order valence-corrected chi connectivity index (χ1v) is 25.1. The number of fused-ring (bicyclic) bond motifs is 1. The van der Waals surface area contributed by atoms with E-state index in [4.69, 9.17) is 14.2 Å². The van der Waals surface area contributed by atoms with Crippen LogP contribution in [-0.4, -0.2) is 83.0 Å². The van der Waals surface area contributed by atoms with Gasteiger partial charge in [0, 0.05) is 48.1 Å². The van der Waals surface area contributed by atoms with Gasteiger partial charge in [-0.1, -0.05) is 93.9 Å². The summed E-state index contributed by atoms with van der Waals surface area (Å²) in [6, 6.07) is 28.9. The Kier molecular flexibility index (Phi) is 15.4. The number of Topliss-reactive ketones (excluding diaryl/α,β-unsaturated/α-hetero) is 1. The third kappa shape index (κ3) is 10.9. The zero-order valence-electron chi connectivity index (χ0n) is 38.2. The van der Waals surface area contributed by atoms with E-state index in [-0.39, 0.29) is 42.1 Å². The maximum Gasteiger partial charge on any atom is 0.186 e. The van der Waals surface area contributed by atoms with Crippen molar-refractivity contribution in [1.29, 1.82) is 0 Å². The van der Waals surface area contributed by atoms with Crippen molar-refractivity contribution in [3.8, 4) is 28.7 Å². The van der Waals surface area contributed by atoms with Gasteiger partial charge < -0.3 is 50.0 Å². The number of nitrogens with zero attached hydrogens (tertiary/aromatic N) is 1. The summed E-state index contributed by atoms with van der Waals surface area (Å²) in [5, 5.41) is 64.5. The molecule has 7 N–H and O–H groups in total. The number of ketones is 1. The van der Waals surface area contributed by atoms with Crippen LogP contribution in [-0.2, 0) is 42.4 Å². The topological polar surface area (TPSA) is 184 Å². The number of phenols is 2. The highest BCUT2D eigenvalue weighted by molar-refractivity contribution is 8.76. The second kappa shape index (κ2) is 21.4. The number of carbonyl (C=O) groups excluding carboxylic acids is 1. The van der Waals surface area contributed by atoms with Crippen molar-refractivity contribution in [3.05, 3.63) is 148 Å². The molecule has 67 heavy (non-hydrogen) atoms. The van der Waals surface area contributed by atoms with Gasteiger partial charge in [-0.05, 0) is 115 Å². The van der Waals surface area contributed by atoms with Crippen LogP contribution in [0.4, 0.5) is 0 Å². The van der Waals surface area contributed by atoms with Gasteiger partial charge in [0.15, 0.2) is 29.8 Å². The SMILES string of the molecule is CNCc1cc(O)cc(C2(C(=O)CC(O)C(Cc3cc[n-]c3)Cc3ccc(O)c(OC)c3Cc3cccc4ccccc34)CCC3SSCC(C)(O)CNCOc4c(OCO)ccc(c43)C2)c1. The lowest BCUT2D eigenvalue weighted by Gasteiger charge is -2.35. The number of phenolic OH excluding ortho intramolecular Hbond substituents is 2. The van der Waals surface area contributed by atoms with Crippen molar-refractivity contribution in [1.82, 2.24) is 15.6 Å². The standard InChI is InChI=1S/C53H60N3O9S2/c1-52(62)29-56-31-64-51-46(65-32-57)14-12-38-26-53(17-15-47(49(38)51)67-66-30-52,40-20-34(27-54-2)21-41(58)24-40)48(61)25-45(60)39(19-33-16-18-55-28-33)22-37-11-13-44(59)50(63-3)43(37)23-36-9-6-8-35-7-4-5-10-42(35)36/h4-14,16,18,20-21,24,28,39,45,47,54,56-60,62H,15,17,19,22-23,25-27,29-32H2,1-3H3/q-1. The number of hydrogen-bond acceptors (Lipinski definition) is 13. The lowest BCUT2D eigenvalue weighted by atomic mass is 9.68. The summed E-state index contributed by atoms with van der Waals surface area (Å²) in [6.07, 6.45) is 4.59. The minimum atomic E-state index is -1.21. The molecule has 1 aliphatic carbocycles. The van der Waals surface area contributed by atoms with Gasteiger partial charge in [-0.3, -0.25) is 10.1 Å². The molecule has 1 aliphatic heterocycles. The van der Waals surface area contributed by atoms with Crippen LogP contribution in [0, 0.1) is 5.92 Å². The van der Waals surface area contributed by atoms with E-state index < -0.39 is 29.8 Å². The smallest absolute Gasteiger partial charge is 0.186 e. The van der Waals surface area contributed by atoms with Gasteiger partial charge >= 0.3 is 0 Å². The zero-order valence-corrected chi connectivity index (χ0v) is 39.8. The third-order valence-corrected chi connectivity index (χ3v) is 16.3. The second-order valence-corrected chi connectivity index (χ2v) is 20.7. The van der Waals surface area contributed by atoms with Crippen LogP contribution in [0.15, 0.2) is 103 Å². The van der Waals surface area contributed by atoms with Gasteiger partial charge in [0.1, 0.15) is 18.3 Å². The summed E-state index contributed by atoms with van der Waals surface area (Å²) in [6.45, 7) is 2.05. The van der Waals surface area contributed by atoms with E-state index in [1.54, 1.807) is 72.3 Å². The molecule has 0 saturated heterocycles. The normalized spacial score (nSPS) is 20.7. The molecular formula is C53H60N3O9S2-. The number of β-amino-alcohol motifs (C(OH)–C–C–N with tert-alkyl or cyclic N) is 1. The van der Waals surface area contributed by atoms with Crippen LogP contribution >= 0.6 is 21.6 Å². The Morgan fingerprint density at radius 2 is 1.85 bits per heavy atom. The fraction of sp³-hybridized carbons (Fsp3) is 0.377. The summed E-state index contributed by atoms with van der Waals surface area (Å²) in [5.74, 6) is 1.05. The third-order valence-electron chi connectivity index (χ3n) is 13.3. The van der Waals surface area contributed by atoms with Crippen molar-refractivity contribution in [2.45, 2.75) is 80.8 Å². The summed E-state index contributed by atoms with van der Waals surface area (Å²) in [4.78, 5) is 20.1. The molecule has 6 aromatic rings. The predicted molar refractivity (Wildman–Crippen MR) is 264 cm³/mol. The van der Waals surface area contributed by atoms with Crippen LogP contribution in [0.2, 0.25) is 0 Å². The average Bonchev–Trinajstić information content (AvgIpc) is 3.75. The highest BCUT2D eigenvalue weighted by atomic mass is 33.1. The van der Waals surface area contributed by atoms with Crippen molar-refractivity contribution < 1.29 is 44.5 Å². The van der Waals surface area contributed by atoms with Crippen molar-refractivity contribution >= 4 is 38.1 Å². The molecule has 0 radical (unpaired) electrons. The number of aromatic hydroxyl groups is 2. The van der Waals surface area contributed by atoms with Crippen LogP contribution in [0.5, 0.6) is 28.7 Å². The summed E-state index contributed by atoms with van der Waals surface area (Å²) >= 11 is 0. The Balaban J connectivity index is 1.20. The Labute approximate surface area is 399 Å². The van der Waals surface area contributed by atoms with Gasteiger partial charge in [0.25, 0.3) is 0 Å². The summed E-state index contributed by atoms with van der Waals surface area (Å²) in [5.41, 5.74) is 4.60. The average molecular weight is 947 g/mol. The highest BCUT2D eigenvalue weighted by Gasteiger charge is 2.46. The molecule has 8 rings (SSSR count). The lowest BCUT2D eigenvalue weighted by molar-refractivity contribution is -0.127. The molecule has 0 amide bonds. The molecule has 0 spiro atoms. The first-order valence-electron chi connectivity index (χ1n) is 22.7. The summed E-state index contributed by atoms with van der Waals surface area (Å²) in [7, 11) is 6.54. The molecule has 5 atom stereocenters. The minimum Gasteiger partial charge on any atom is -0.670 e.